The number of hydrogen-bond acceptors (Lipinski definition) is 7. The Bertz CT molecular complexity index is 758. The van der Waals surface area contributed by atoms with Gasteiger partial charge >= 0.3 is 0 Å². The summed E-state index contributed by atoms with van der Waals surface area (Å²) in [4.78, 5) is 15.0. The van der Waals surface area contributed by atoms with E-state index in [1.165, 1.54) is 0 Å². The second kappa shape index (κ2) is 8.81. The van der Waals surface area contributed by atoms with E-state index in [0.29, 0.717) is 12.0 Å². The van der Waals surface area contributed by atoms with Crippen LogP contribution < -0.4 is 9.64 Å². The number of rotatable bonds is 6. The number of thioether (sulfide) groups is 1. The van der Waals surface area contributed by atoms with Crippen LogP contribution in [0.2, 0.25) is 0 Å². The fourth-order valence-corrected chi connectivity index (χ4v) is 4.23. The Morgan fingerprint density at radius 2 is 2.08 bits per heavy atom. The highest BCUT2D eigenvalue weighted by Gasteiger charge is 2.23. The number of aldehydes is 1. The maximum atomic E-state index is 10.6. The fraction of sp³-hybridized carbons (Fsp3) is 0.316. The predicted molar refractivity (Wildman–Crippen MR) is 108 cm³/mol. The third-order valence-corrected chi connectivity index (χ3v) is 5.84. The molecule has 0 aliphatic carbocycles. The van der Waals surface area contributed by atoms with Crippen LogP contribution in [0.5, 0.6) is 5.75 Å². The summed E-state index contributed by atoms with van der Waals surface area (Å²) in [5.74, 6) is 0.688. The van der Waals surface area contributed by atoms with E-state index in [1.807, 2.05) is 30.5 Å². The molecule has 2 aromatic carbocycles. The lowest BCUT2D eigenvalue weighted by molar-refractivity contribution is -0.116. The van der Waals surface area contributed by atoms with Crippen LogP contribution in [0.15, 0.2) is 52.3 Å². The molecule has 138 valence electrons. The normalized spacial score (nSPS) is 15.9. The molecular weight excluding hydrogens is 368 g/mol. The van der Waals surface area contributed by atoms with Gasteiger partial charge in [0, 0.05) is 18.8 Å². The average molecular weight is 391 g/mol. The number of hydrogen-bond donors (Lipinski definition) is 1. The summed E-state index contributed by atoms with van der Waals surface area (Å²) in [7, 11) is 2.07. The van der Waals surface area contributed by atoms with Gasteiger partial charge in [0.05, 0.1) is 15.5 Å². The second-order valence-electron chi connectivity index (χ2n) is 5.92. The van der Waals surface area contributed by atoms with Crippen LogP contribution in [-0.4, -0.2) is 54.8 Å². The Balaban J connectivity index is 2.00. The molecule has 1 heterocycles. The molecule has 1 aliphatic rings. The minimum absolute atomic E-state index is 0.0429. The van der Waals surface area contributed by atoms with Crippen LogP contribution in [0.4, 0.5) is 11.4 Å². The molecule has 7 heteroatoms. The van der Waals surface area contributed by atoms with E-state index in [0.717, 1.165) is 34.3 Å². The molecule has 2 aromatic rings. The predicted octanol–water partition coefficient (Wildman–Crippen LogP) is 3.44. The molecule has 0 saturated heterocycles. The van der Waals surface area contributed by atoms with Gasteiger partial charge in [-0.1, -0.05) is 18.2 Å². The van der Waals surface area contributed by atoms with Crippen molar-refractivity contribution in [3.63, 3.8) is 0 Å². The van der Waals surface area contributed by atoms with Crippen molar-refractivity contribution < 1.29 is 14.6 Å². The number of carbonyl (C=O) groups excluding carboxylic acids is 1. The third-order valence-electron chi connectivity index (χ3n) is 4.06. The summed E-state index contributed by atoms with van der Waals surface area (Å²) < 4.78 is 7.91. The first-order chi connectivity index (χ1) is 12.6. The monoisotopic (exact) mass is 390 g/mol. The molecule has 0 amide bonds. The second-order valence-corrected chi connectivity index (χ2v) is 8.01. The van der Waals surface area contributed by atoms with Crippen LogP contribution in [0, 0.1) is 0 Å². The molecule has 0 bridgehead atoms. The number of fused-ring (bicyclic) bond motifs is 1. The van der Waals surface area contributed by atoms with Crippen molar-refractivity contribution in [1.82, 2.24) is 4.31 Å². The number of ether oxygens (including phenoxy) is 1. The molecular formula is C19H22N2O3S2. The van der Waals surface area contributed by atoms with Gasteiger partial charge < -0.3 is 19.5 Å². The summed E-state index contributed by atoms with van der Waals surface area (Å²) in [6, 6.07) is 14.5. The number of para-hydroxylation sites is 1. The van der Waals surface area contributed by atoms with E-state index in [4.69, 9.17) is 4.74 Å². The number of aliphatic hydroxyl groups is 1. The highest BCUT2D eigenvalue weighted by molar-refractivity contribution is 7.98. The number of carbonyl (C=O) groups is 1. The standard InChI is InChI=1S/C19H22N2O3S2/c1-20-8-9-21(14-6-4-3-5-7-14)16-10-19(25-2)17(11-18(16)26-20)24-13-15(23)12-22/h3-7,10-12,15,23H,8-9,13H2,1-2H3. The molecule has 1 N–H and O–H groups in total. The van der Waals surface area contributed by atoms with Crippen LogP contribution in [0.1, 0.15) is 0 Å². The van der Waals surface area contributed by atoms with Crippen LogP contribution in [0.25, 0.3) is 0 Å². The minimum Gasteiger partial charge on any atom is -0.489 e. The first-order valence-electron chi connectivity index (χ1n) is 8.32. The van der Waals surface area contributed by atoms with Gasteiger partial charge in [-0.05, 0) is 49.5 Å². The summed E-state index contributed by atoms with van der Waals surface area (Å²) in [6.07, 6.45) is 1.37. The highest BCUT2D eigenvalue weighted by atomic mass is 32.2. The summed E-state index contributed by atoms with van der Waals surface area (Å²) in [5, 5.41) is 9.48. The maximum Gasteiger partial charge on any atom is 0.151 e. The van der Waals surface area contributed by atoms with E-state index in [2.05, 4.69) is 34.5 Å². The molecule has 0 fully saturated rings. The van der Waals surface area contributed by atoms with Crippen molar-refractivity contribution in [3.05, 3.63) is 42.5 Å². The number of aliphatic hydroxyl groups excluding tert-OH is 1. The van der Waals surface area contributed by atoms with Gasteiger partial charge in [-0.25, -0.2) is 4.31 Å². The van der Waals surface area contributed by atoms with Gasteiger partial charge in [0.2, 0.25) is 0 Å². The van der Waals surface area contributed by atoms with Gasteiger partial charge in [0.25, 0.3) is 0 Å². The van der Waals surface area contributed by atoms with E-state index in [1.54, 1.807) is 23.7 Å². The molecule has 0 saturated carbocycles. The van der Waals surface area contributed by atoms with E-state index in [-0.39, 0.29) is 6.61 Å². The minimum atomic E-state index is -1.11. The first-order valence-corrected chi connectivity index (χ1v) is 10.3. The number of likely N-dealkylation sites (N-methyl/N-ethyl adjacent to an activating group) is 1. The molecule has 5 nitrogen and oxygen atoms in total. The van der Waals surface area contributed by atoms with Gasteiger partial charge in [0.1, 0.15) is 18.5 Å². The molecule has 1 aliphatic heterocycles. The molecule has 26 heavy (non-hydrogen) atoms. The zero-order chi connectivity index (χ0) is 18.5. The lowest BCUT2D eigenvalue weighted by Crippen LogP contribution is -2.24. The molecule has 3 rings (SSSR count). The van der Waals surface area contributed by atoms with Crippen LogP contribution >= 0.6 is 23.7 Å². The smallest absolute Gasteiger partial charge is 0.151 e. The Morgan fingerprint density at radius 3 is 2.77 bits per heavy atom. The SMILES string of the molecule is CSc1cc2c(cc1OCC(O)C=O)SN(C)CCN2c1ccccc1. The Labute approximate surface area is 162 Å². The summed E-state index contributed by atoms with van der Waals surface area (Å²) in [6.45, 7) is 1.76. The Morgan fingerprint density at radius 1 is 1.31 bits per heavy atom. The van der Waals surface area contributed by atoms with Crippen molar-refractivity contribution in [2.24, 2.45) is 0 Å². The Kier molecular flexibility index (Phi) is 6.48. The van der Waals surface area contributed by atoms with Crippen molar-refractivity contribution in [3.8, 4) is 5.75 Å². The number of benzene rings is 2. The molecule has 0 spiro atoms. The zero-order valence-electron chi connectivity index (χ0n) is 14.8. The van der Waals surface area contributed by atoms with Gasteiger partial charge in [-0.3, -0.25) is 0 Å². The maximum absolute atomic E-state index is 10.6. The summed E-state index contributed by atoms with van der Waals surface area (Å²) in [5.41, 5.74) is 2.29. The fourth-order valence-electron chi connectivity index (χ4n) is 2.75. The molecule has 0 aromatic heterocycles. The number of nitrogens with zero attached hydrogens (tertiary/aromatic N) is 2. The average Bonchev–Trinajstić information content (AvgIpc) is 2.83. The number of anilines is 2. The molecule has 1 atom stereocenters. The lowest BCUT2D eigenvalue weighted by Gasteiger charge is -2.25. The first kappa shape index (κ1) is 19.1. The lowest BCUT2D eigenvalue weighted by atomic mass is 10.2. The molecule has 0 radical (unpaired) electrons. The van der Waals surface area contributed by atoms with Gasteiger partial charge in [-0.2, -0.15) is 0 Å². The topological polar surface area (TPSA) is 53.0 Å². The van der Waals surface area contributed by atoms with E-state index >= 15 is 0 Å². The van der Waals surface area contributed by atoms with E-state index in [9.17, 15) is 9.90 Å². The third kappa shape index (κ3) is 4.35. The quantitative estimate of drug-likeness (QED) is 0.461. The van der Waals surface area contributed by atoms with Crippen LogP contribution in [-0.2, 0) is 4.79 Å². The van der Waals surface area contributed by atoms with Gasteiger partial charge in [0.15, 0.2) is 6.29 Å². The Hall–Kier alpha value is -1.67. The van der Waals surface area contributed by atoms with Crippen molar-refractivity contribution >= 4 is 41.4 Å². The zero-order valence-corrected chi connectivity index (χ0v) is 16.4. The van der Waals surface area contributed by atoms with Crippen LogP contribution in [0.3, 0.4) is 0 Å². The highest BCUT2D eigenvalue weighted by Crippen LogP contribution is 2.44. The van der Waals surface area contributed by atoms with Gasteiger partial charge in [-0.15, -0.1) is 11.8 Å². The van der Waals surface area contributed by atoms with Crippen molar-refractivity contribution in [1.29, 1.82) is 0 Å². The summed E-state index contributed by atoms with van der Waals surface area (Å²) >= 11 is 3.26. The molecule has 1 unspecified atom stereocenters. The largest absolute Gasteiger partial charge is 0.489 e. The van der Waals surface area contributed by atoms with Crippen molar-refractivity contribution in [2.75, 3.05) is 37.9 Å². The van der Waals surface area contributed by atoms with E-state index < -0.39 is 6.10 Å². The van der Waals surface area contributed by atoms with Crippen molar-refractivity contribution in [2.45, 2.75) is 15.9 Å².